The van der Waals surface area contributed by atoms with Gasteiger partial charge in [-0.05, 0) is 6.42 Å². The van der Waals surface area contributed by atoms with Crippen molar-refractivity contribution in [2.75, 3.05) is 13.2 Å². The molecule has 0 aromatic heterocycles. The van der Waals surface area contributed by atoms with Gasteiger partial charge in [0.25, 0.3) is 0 Å². The van der Waals surface area contributed by atoms with Gasteiger partial charge in [0.1, 0.15) is 0 Å². The fraction of sp³-hybridized carbons (Fsp3) is 0.824. The first-order valence-corrected chi connectivity index (χ1v) is 8.90. The molecule has 0 bridgehead atoms. The van der Waals surface area contributed by atoms with Gasteiger partial charge >= 0.3 is 41.5 Å². The van der Waals surface area contributed by atoms with Crippen molar-refractivity contribution < 1.29 is 67.3 Å². The number of alkyl halides is 12. The Labute approximate surface area is 174 Å². The van der Waals surface area contributed by atoms with Crippen LogP contribution in [-0.4, -0.2) is 59.8 Å². The van der Waals surface area contributed by atoms with Crippen LogP contribution < -0.4 is 0 Å². The summed E-state index contributed by atoms with van der Waals surface area (Å²) < 4.78 is 168. The summed E-state index contributed by atoms with van der Waals surface area (Å²) in [5.41, 5.74) is -0.776. The third-order valence-electron chi connectivity index (χ3n) is 4.32. The maximum Gasteiger partial charge on any atom is 0.384 e. The van der Waals surface area contributed by atoms with Crippen LogP contribution in [-0.2, 0) is 9.53 Å². The average molecular weight is 500 g/mol. The minimum absolute atomic E-state index is 0.120. The fourth-order valence-corrected chi connectivity index (χ4v) is 2.20. The molecule has 0 aromatic carbocycles. The predicted octanol–water partition coefficient (Wildman–Crippen LogP) is 5.86. The number of halogens is 12. The predicted molar refractivity (Wildman–Crippen MR) is 85.6 cm³/mol. The molecule has 15 heteroatoms. The molecule has 0 spiro atoms. The summed E-state index contributed by atoms with van der Waals surface area (Å²) in [6, 6.07) is 0. The standard InChI is InChI=1S/C17H20F12O3/c1-3-4-5-6-12(18,19)14(22,23)16(26,27)17(28,29)15(24,25)13(20,21)7-8-32-11(31)10(2)9-30/h30H,2-9H2,1H3. The molecule has 0 aliphatic rings. The van der Waals surface area contributed by atoms with E-state index in [4.69, 9.17) is 5.11 Å². The Balaban J connectivity index is 5.84. The van der Waals surface area contributed by atoms with Gasteiger partial charge in [-0.2, -0.15) is 52.7 Å². The molecule has 0 aliphatic carbocycles. The van der Waals surface area contributed by atoms with Crippen molar-refractivity contribution >= 4 is 5.97 Å². The molecule has 0 aliphatic heterocycles. The van der Waals surface area contributed by atoms with Crippen LogP contribution in [0.2, 0.25) is 0 Å². The summed E-state index contributed by atoms with van der Waals surface area (Å²) in [5.74, 6) is -43.4. The van der Waals surface area contributed by atoms with Crippen LogP contribution in [0.1, 0.15) is 39.0 Å². The van der Waals surface area contributed by atoms with Crippen molar-refractivity contribution in [2.24, 2.45) is 0 Å². The fourth-order valence-electron chi connectivity index (χ4n) is 2.20. The summed E-state index contributed by atoms with van der Waals surface area (Å²) >= 11 is 0. The number of carbonyl (C=O) groups is 1. The lowest BCUT2D eigenvalue weighted by atomic mass is 9.89. The largest absolute Gasteiger partial charge is 0.462 e. The molecule has 0 saturated heterocycles. The molecule has 190 valence electrons. The van der Waals surface area contributed by atoms with E-state index in [1.54, 1.807) is 0 Å². The lowest BCUT2D eigenvalue weighted by Gasteiger charge is -2.41. The van der Waals surface area contributed by atoms with Gasteiger partial charge in [-0.1, -0.05) is 26.3 Å². The number of rotatable bonds is 14. The van der Waals surface area contributed by atoms with E-state index >= 15 is 0 Å². The van der Waals surface area contributed by atoms with Gasteiger partial charge in [0.05, 0.1) is 25.2 Å². The number of hydrogen-bond acceptors (Lipinski definition) is 3. The topological polar surface area (TPSA) is 46.5 Å². The van der Waals surface area contributed by atoms with Crippen molar-refractivity contribution in [1.29, 1.82) is 0 Å². The Hall–Kier alpha value is -1.67. The third-order valence-corrected chi connectivity index (χ3v) is 4.32. The van der Waals surface area contributed by atoms with E-state index < -0.39 is 79.6 Å². The maximum atomic E-state index is 13.7. The molecule has 32 heavy (non-hydrogen) atoms. The van der Waals surface area contributed by atoms with Crippen LogP contribution in [0.15, 0.2) is 12.2 Å². The van der Waals surface area contributed by atoms with Crippen molar-refractivity contribution in [3.8, 4) is 0 Å². The smallest absolute Gasteiger partial charge is 0.384 e. The Morgan fingerprint density at radius 2 is 1.16 bits per heavy atom. The molecule has 0 radical (unpaired) electrons. The Morgan fingerprint density at radius 3 is 1.53 bits per heavy atom. The average Bonchev–Trinajstić information content (AvgIpc) is 2.66. The Morgan fingerprint density at radius 1 is 0.750 bits per heavy atom. The van der Waals surface area contributed by atoms with Crippen molar-refractivity contribution in [3.05, 3.63) is 12.2 Å². The molecule has 0 heterocycles. The highest BCUT2D eigenvalue weighted by Crippen LogP contribution is 2.61. The molecule has 3 nitrogen and oxygen atoms in total. The SMILES string of the molecule is C=C(CO)C(=O)OCCC(F)(F)C(F)(F)C(F)(F)C(F)(F)C(F)(F)C(F)(F)CCCCC. The molecule has 0 amide bonds. The first-order valence-electron chi connectivity index (χ1n) is 8.90. The van der Waals surface area contributed by atoms with Crippen LogP contribution in [0.25, 0.3) is 0 Å². The lowest BCUT2D eigenvalue weighted by Crippen LogP contribution is -2.70. The first kappa shape index (κ1) is 30.3. The van der Waals surface area contributed by atoms with Crippen LogP contribution in [0.5, 0.6) is 0 Å². The Bertz CT molecular complexity index is 661. The van der Waals surface area contributed by atoms with Gasteiger partial charge in [0, 0.05) is 6.42 Å². The maximum absolute atomic E-state index is 13.7. The zero-order valence-corrected chi connectivity index (χ0v) is 16.5. The van der Waals surface area contributed by atoms with Crippen LogP contribution in [0.3, 0.4) is 0 Å². The van der Waals surface area contributed by atoms with Gasteiger partial charge in [-0.25, -0.2) is 4.79 Å². The molecule has 0 rings (SSSR count). The molecule has 0 aromatic rings. The lowest BCUT2D eigenvalue weighted by molar-refractivity contribution is -0.426. The van der Waals surface area contributed by atoms with Crippen molar-refractivity contribution in [2.45, 2.75) is 74.6 Å². The van der Waals surface area contributed by atoms with Crippen molar-refractivity contribution in [1.82, 2.24) is 0 Å². The summed E-state index contributed by atoms with van der Waals surface area (Å²) in [5, 5.41) is 8.52. The Kier molecular flexibility index (Phi) is 9.55. The van der Waals surface area contributed by atoms with Crippen LogP contribution >= 0.6 is 0 Å². The zero-order chi connectivity index (χ0) is 25.8. The number of ether oxygens (including phenoxy) is 1. The highest BCUT2D eigenvalue weighted by atomic mass is 19.4. The van der Waals surface area contributed by atoms with Gasteiger partial charge in [-0.15, -0.1) is 0 Å². The molecule has 0 atom stereocenters. The number of esters is 1. The number of hydrogen-bond donors (Lipinski definition) is 1. The number of aliphatic hydroxyl groups excluding tert-OH is 1. The normalized spacial score (nSPS) is 14.4. The molecule has 0 unspecified atom stereocenters. The van der Waals surface area contributed by atoms with Crippen LogP contribution in [0.4, 0.5) is 52.7 Å². The van der Waals surface area contributed by atoms with E-state index in [0.29, 0.717) is 0 Å². The van der Waals surface area contributed by atoms with E-state index in [2.05, 4.69) is 11.3 Å². The zero-order valence-electron chi connectivity index (χ0n) is 16.5. The van der Waals surface area contributed by atoms with Crippen molar-refractivity contribution in [3.63, 3.8) is 0 Å². The quantitative estimate of drug-likeness (QED) is 0.141. The van der Waals surface area contributed by atoms with E-state index in [0.717, 1.165) is 0 Å². The molecular formula is C17H20F12O3. The van der Waals surface area contributed by atoms with E-state index in [-0.39, 0.29) is 12.8 Å². The molecular weight excluding hydrogens is 480 g/mol. The van der Waals surface area contributed by atoms with Gasteiger partial charge in [0.2, 0.25) is 0 Å². The molecule has 1 N–H and O–H groups in total. The first-order chi connectivity index (χ1) is 14.2. The van der Waals surface area contributed by atoms with Crippen LogP contribution in [0, 0.1) is 0 Å². The van der Waals surface area contributed by atoms with Gasteiger partial charge in [-0.3, -0.25) is 0 Å². The summed E-state index contributed by atoms with van der Waals surface area (Å²) in [4.78, 5) is 11.1. The number of unbranched alkanes of at least 4 members (excludes halogenated alkanes) is 2. The summed E-state index contributed by atoms with van der Waals surface area (Å²) in [6.07, 6.45) is -5.63. The van der Waals surface area contributed by atoms with E-state index in [1.165, 1.54) is 6.92 Å². The summed E-state index contributed by atoms with van der Waals surface area (Å²) in [6.45, 7) is 1.35. The minimum atomic E-state index is -7.65. The highest BCUT2D eigenvalue weighted by Gasteiger charge is 2.89. The minimum Gasteiger partial charge on any atom is -0.462 e. The number of carbonyl (C=O) groups excluding carboxylic acids is 1. The summed E-state index contributed by atoms with van der Waals surface area (Å²) in [7, 11) is 0. The third kappa shape index (κ3) is 5.45. The van der Waals surface area contributed by atoms with E-state index in [1.807, 2.05) is 0 Å². The number of aliphatic hydroxyl groups is 1. The highest BCUT2D eigenvalue weighted by molar-refractivity contribution is 5.87. The molecule has 0 fully saturated rings. The van der Waals surface area contributed by atoms with Gasteiger partial charge < -0.3 is 9.84 Å². The molecule has 0 saturated carbocycles. The monoisotopic (exact) mass is 500 g/mol. The van der Waals surface area contributed by atoms with Gasteiger partial charge in [0.15, 0.2) is 0 Å². The van der Waals surface area contributed by atoms with E-state index in [9.17, 15) is 57.5 Å². The second-order valence-electron chi connectivity index (χ2n) is 6.81. The second kappa shape index (κ2) is 10.1. The second-order valence-corrected chi connectivity index (χ2v) is 6.81.